The average molecular weight is 539 g/mol. The molecular formula is C24H29F3N6O3S. The summed E-state index contributed by atoms with van der Waals surface area (Å²) in [5.41, 5.74) is -1.99. The van der Waals surface area contributed by atoms with Crippen molar-refractivity contribution in [1.82, 2.24) is 15.2 Å². The summed E-state index contributed by atoms with van der Waals surface area (Å²) in [5, 5.41) is 17.8. The molecule has 13 heteroatoms. The van der Waals surface area contributed by atoms with Gasteiger partial charge in [-0.15, -0.1) is 0 Å². The quantitative estimate of drug-likeness (QED) is 0.314. The molecule has 2 aromatic rings. The maximum absolute atomic E-state index is 13.3. The molecule has 1 aliphatic heterocycles. The molecule has 0 unspecified atom stereocenters. The summed E-state index contributed by atoms with van der Waals surface area (Å²) in [7, 11) is 1.82. The lowest BCUT2D eigenvalue weighted by Crippen LogP contribution is -2.51. The molecule has 2 fully saturated rings. The molecule has 1 saturated heterocycles. The Bertz CT molecular complexity index is 1120. The zero-order valence-electron chi connectivity index (χ0n) is 20.3. The number of benzene rings is 1. The van der Waals surface area contributed by atoms with Crippen LogP contribution in [-0.2, 0) is 6.18 Å². The summed E-state index contributed by atoms with van der Waals surface area (Å²) in [4.78, 5) is 19.0. The Balaban J connectivity index is 1.30. The van der Waals surface area contributed by atoms with Gasteiger partial charge in [0.2, 0.25) is 5.88 Å². The van der Waals surface area contributed by atoms with Gasteiger partial charge in [-0.1, -0.05) is 6.07 Å². The molecule has 0 spiro atoms. The first-order valence-electron chi connectivity index (χ1n) is 12.1. The van der Waals surface area contributed by atoms with Crippen molar-refractivity contribution in [3.8, 4) is 5.88 Å². The number of aromatic nitrogens is 1. The van der Waals surface area contributed by atoms with Gasteiger partial charge in [0.05, 0.1) is 4.92 Å². The van der Waals surface area contributed by atoms with Gasteiger partial charge in [-0.25, -0.2) is 0 Å². The number of alkyl halides is 3. The number of nitro benzene ring substituents is 1. The lowest BCUT2D eigenvalue weighted by atomic mass is 9.92. The smallest absolute Gasteiger partial charge is 0.423 e. The second kappa shape index (κ2) is 11.4. The molecule has 2 aliphatic rings. The maximum atomic E-state index is 13.3. The first-order valence-corrected chi connectivity index (χ1v) is 12.5. The van der Waals surface area contributed by atoms with E-state index in [1.54, 1.807) is 0 Å². The molecule has 4 rings (SSSR count). The Morgan fingerprint density at radius 1 is 1.14 bits per heavy atom. The SMILES string of the molecule is CNC(=S)N1CCN(c2cccc(O[C@H]3CC[C@H](Nc4ccc([N+](=O)[O-])c(C(F)(F)F)c4)CC3)n2)CC1. The first kappa shape index (κ1) is 26.7. The zero-order valence-corrected chi connectivity index (χ0v) is 21.1. The second-order valence-electron chi connectivity index (χ2n) is 9.09. The van der Waals surface area contributed by atoms with Crippen LogP contribution in [0.3, 0.4) is 0 Å². The van der Waals surface area contributed by atoms with Crippen molar-refractivity contribution in [1.29, 1.82) is 0 Å². The number of pyridine rings is 1. The predicted octanol–water partition coefficient (Wildman–Crippen LogP) is 4.44. The minimum absolute atomic E-state index is 0.0479. The molecule has 37 heavy (non-hydrogen) atoms. The Morgan fingerprint density at radius 3 is 2.46 bits per heavy atom. The number of nitro groups is 1. The van der Waals surface area contributed by atoms with Crippen molar-refractivity contribution >= 4 is 34.5 Å². The topological polar surface area (TPSA) is 95.8 Å². The third-order valence-electron chi connectivity index (χ3n) is 6.64. The van der Waals surface area contributed by atoms with Gasteiger partial charge >= 0.3 is 6.18 Å². The highest BCUT2D eigenvalue weighted by molar-refractivity contribution is 7.80. The van der Waals surface area contributed by atoms with Gasteiger partial charge in [0, 0.05) is 57.1 Å². The van der Waals surface area contributed by atoms with E-state index < -0.39 is 22.4 Å². The van der Waals surface area contributed by atoms with Crippen molar-refractivity contribution in [3.63, 3.8) is 0 Å². The number of nitrogens with zero attached hydrogens (tertiary/aromatic N) is 4. The molecule has 1 saturated carbocycles. The summed E-state index contributed by atoms with van der Waals surface area (Å²) in [6.07, 6.45) is -2.05. The van der Waals surface area contributed by atoms with Crippen LogP contribution in [0.15, 0.2) is 36.4 Å². The van der Waals surface area contributed by atoms with Crippen molar-refractivity contribution in [2.24, 2.45) is 0 Å². The Kier molecular flexibility index (Phi) is 8.20. The van der Waals surface area contributed by atoms with Crippen LogP contribution in [0.25, 0.3) is 0 Å². The number of thiocarbonyl (C=S) groups is 1. The molecule has 0 atom stereocenters. The lowest BCUT2D eigenvalue weighted by Gasteiger charge is -2.36. The number of anilines is 2. The summed E-state index contributed by atoms with van der Waals surface area (Å²) in [5.74, 6) is 1.40. The van der Waals surface area contributed by atoms with Gasteiger partial charge in [0.15, 0.2) is 5.11 Å². The van der Waals surface area contributed by atoms with E-state index in [-0.39, 0.29) is 17.8 Å². The highest BCUT2D eigenvalue weighted by Gasteiger charge is 2.38. The predicted molar refractivity (Wildman–Crippen MR) is 138 cm³/mol. The molecule has 1 aromatic heterocycles. The largest absolute Gasteiger partial charge is 0.474 e. The molecule has 0 amide bonds. The van der Waals surface area contributed by atoms with Crippen LogP contribution < -0.4 is 20.3 Å². The lowest BCUT2D eigenvalue weighted by molar-refractivity contribution is -0.388. The average Bonchev–Trinajstić information content (AvgIpc) is 2.89. The minimum Gasteiger partial charge on any atom is -0.474 e. The zero-order chi connectivity index (χ0) is 26.6. The summed E-state index contributed by atoms with van der Waals surface area (Å²) in [6, 6.07) is 8.67. The summed E-state index contributed by atoms with van der Waals surface area (Å²) in [6.45, 7) is 3.22. The Labute approximate surface area is 218 Å². The molecular weight excluding hydrogens is 509 g/mol. The van der Waals surface area contributed by atoms with E-state index in [0.29, 0.717) is 31.6 Å². The van der Waals surface area contributed by atoms with Gasteiger partial charge in [-0.3, -0.25) is 10.1 Å². The molecule has 1 aromatic carbocycles. The Hall–Kier alpha value is -3.35. The fourth-order valence-electron chi connectivity index (χ4n) is 4.69. The third kappa shape index (κ3) is 6.70. The van der Waals surface area contributed by atoms with E-state index in [1.807, 2.05) is 25.2 Å². The summed E-state index contributed by atoms with van der Waals surface area (Å²) >= 11 is 5.31. The van der Waals surface area contributed by atoms with Gasteiger partial charge in [-0.2, -0.15) is 18.2 Å². The van der Waals surface area contributed by atoms with Gasteiger partial charge < -0.3 is 25.2 Å². The van der Waals surface area contributed by atoms with Gasteiger partial charge in [0.25, 0.3) is 5.69 Å². The fourth-order valence-corrected chi connectivity index (χ4v) is 4.87. The van der Waals surface area contributed by atoms with Crippen LogP contribution >= 0.6 is 12.2 Å². The molecule has 2 N–H and O–H groups in total. The van der Waals surface area contributed by atoms with Crippen LogP contribution in [0.2, 0.25) is 0 Å². The number of nitrogens with one attached hydrogen (secondary N) is 2. The van der Waals surface area contributed by atoms with E-state index in [0.717, 1.165) is 49.2 Å². The highest BCUT2D eigenvalue weighted by Crippen LogP contribution is 2.38. The van der Waals surface area contributed by atoms with Crippen LogP contribution in [0.5, 0.6) is 5.88 Å². The number of rotatable bonds is 6. The van der Waals surface area contributed by atoms with Crippen LogP contribution in [0, 0.1) is 10.1 Å². The molecule has 0 radical (unpaired) electrons. The minimum atomic E-state index is -4.81. The summed E-state index contributed by atoms with van der Waals surface area (Å²) < 4.78 is 45.9. The van der Waals surface area contributed by atoms with Crippen molar-refractivity contribution in [3.05, 3.63) is 52.1 Å². The molecule has 2 heterocycles. The highest BCUT2D eigenvalue weighted by atomic mass is 32.1. The number of halogens is 3. The molecule has 200 valence electrons. The van der Waals surface area contributed by atoms with Crippen molar-refractivity contribution in [2.75, 3.05) is 43.4 Å². The first-order chi connectivity index (χ1) is 17.6. The number of hydrogen-bond donors (Lipinski definition) is 2. The monoisotopic (exact) mass is 538 g/mol. The maximum Gasteiger partial charge on any atom is 0.423 e. The number of hydrogen-bond acceptors (Lipinski definition) is 7. The van der Waals surface area contributed by atoms with Gasteiger partial charge in [-0.05, 0) is 56.1 Å². The fraction of sp³-hybridized carbons (Fsp3) is 0.500. The molecule has 1 aliphatic carbocycles. The van der Waals surface area contributed by atoms with E-state index in [1.165, 1.54) is 6.07 Å². The van der Waals surface area contributed by atoms with Crippen molar-refractivity contribution < 1.29 is 22.8 Å². The number of piperazine rings is 1. The molecule has 0 bridgehead atoms. The van der Waals surface area contributed by atoms with Crippen molar-refractivity contribution in [2.45, 2.75) is 44.0 Å². The van der Waals surface area contributed by atoms with Crippen LogP contribution in [-0.4, -0.2) is 65.3 Å². The molecule has 9 nitrogen and oxygen atoms in total. The number of ether oxygens (including phenoxy) is 1. The van der Waals surface area contributed by atoms with E-state index in [9.17, 15) is 23.3 Å². The second-order valence-corrected chi connectivity index (χ2v) is 9.47. The normalized spacial score (nSPS) is 20.3. The van der Waals surface area contributed by atoms with E-state index in [4.69, 9.17) is 17.0 Å². The third-order valence-corrected chi connectivity index (χ3v) is 7.11. The van der Waals surface area contributed by atoms with E-state index >= 15 is 0 Å². The standard InChI is InChI=1S/C24H29F3N6O3S/c1-28-23(37)32-13-11-31(12-14-32)21-3-2-4-22(30-21)36-18-8-5-16(6-9-18)29-17-7-10-20(33(34)35)19(15-17)24(25,26)27/h2-4,7,10,15-16,18,29H,5-6,8-9,11-14H2,1H3,(H,28,37)/t16-,18-. The van der Waals surface area contributed by atoms with Crippen LogP contribution in [0.4, 0.5) is 30.4 Å². The van der Waals surface area contributed by atoms with Gasteiger partial charge in [0.1, 0.15) is 17.5 Å². The Morgan fingerprint density at radius 2 is 1.84 bits per heavy atom. The van der Waals surface area contributed by atoms with E-state index in [2.05, 4.69) is 25.4 Å². The van der Waals surface area contributed by atoms with Crippen LogP contribution in [0.1, 0.15) is 31.2 Å².